The van der Waals surface area contributed by atoms with Gasteiger partial charge in [-0.15, -0.1) is 0 Å². The molecule has 3 heterocycles. The molecule has 2 aromatic heterocycles. The number of fused-ring (bicyclic) bond motifs is 1. The normalized spacial score (nSPS) is 13.9. The van der Waals surface area contributed by atoms with Gasteiger partial charge in [-0.25, -0.2) is 4.98 Å². The largest absolute Gasteiger partial charge is 0.492 e. The second kappa shape index (κ2) is 9.63. The number of carbonyl (C=O) groups is 1. The van der Waals surface area contributed by atoms with Gasteiger partial charge in [0.25, 0.3) is 5.91 Å². The molecule has 4 rings (SSSR count). The van der Waals surface area contributed by atoms with Crippen molar-refractivity contribution in [3.63, 3.8) is 0 Å². The lowest BCUT2D eigenvalue weighted by Crippen LogP contribution is -2.40. The van der Waals surface area contributed by atoms with Crippen molar-refractivity contribution in [2.45, 2.75) is 32.9 Å². The Bertz CT molecular complexity index is 1230. The number of ether oxygens (including phenoxy) is 1. The molecule has 0 aliphatic carbocycles. The molecule has 8 nitrogen and oxygen atoms in total. The summed E-state index contributed by atoms with van der Waals surface area (Å²) in [5, 5.41) is 12.4. The fourth-order valence-corrected chi connectivity index (χ4v) is 4.85. The number of nitrogens with zero attached hydrogens (tertiary/aromatic N) is 5. The third kappa shape index (κ3) is 4.44. The summed E-state index contributed by atoms with van der Waals surface area (Å²) < 4.78 is 8.54. The van der Waals surface area contributed by atoms with Gasteiger partial charge in [-0.2, -0.15) is 5.26 Å². The highest BCUT2D eigenvalue weighted by Crippen LogP contribution is 2.33. The predicted octanol–water partition coefficient (Wildman–Crippen LogP) is 4.16. The minimum atomic E-state index is -0.260. The van der Waals surface area contributed by atoms with Gasteiger partial charge in [0.1, 0.15) is 17.4 Å². The number of imidazole rings is 1. The van der Waals surface area contributed by atoms with Crippen LogP contribution < -0.4 is 10.1 Å². The summed E-state index contributed by atoms with van der Waals surface area (Å²) >= 11 is 3.67. The quantitative estimate of drug-likeness (QED) is 0.514. The Labute approximate surface area is 201 Å². The maximum atomic E-state index is 13.6. The number of rotatable bonds is 7. The number of pyridine rings is 1. The first-order chi connectivity index (χ1) is 16.0. The average molecular weight is 509 g/mol. The molecule has 1 unspecified atom stereocenters. The Hall–Kier alpha value is -3.38. The molecule has 0 fully saturated rings. The van der Waals surface area contributed by atoms with Crippen molar-refractivity contribution in [2.24, 2.45) is 0 Å². The van der Waals surface area contributed by atoms with Crippen molar-refractivity contribution in [3.05, 3.63) is 69.2 Å². The Morgan fingerprint density at radius 3 is 2.88 bits per heavy atom. The molecule has 1 aliphatic rings. The zero-order valence-corrected chi connectivity index (χ0v) is 20.4. The molecule has 9 heteroatoms. The molecule has 170 valence electrons. The lowest BCUT2D eigenvalue weighted by atomic mass is 9.95. The van der Waals surface area contributed by atoms with Gasteiger partial charge < -0.3 is 19.5 Å². The maximum absolute atomic E-state index is 13.6. The molecule has 1 aliphatic heterocycles. The van der Waals surface area contributed by atoms with E-state index in [1.54, 1.807) is 12.3 Å². The van der Waals surface area contributed by atoms with Crippen LogP contribution in [0.15, 0.2) is 41.3 Å². The van der Waals surface area contributed by atoms with Gasteiger partial charge in [-0.05, 0) is 43.5 Å². The maximum Gasteiger partial charge on any atom is 0.254 e. The first kappa shape index (κ1) is 22.8. The minimum Gasteiger partial charge on any atom is -0.492 e. The molecule has 0 spiro atoms. The third-order valence-corrected chi connectivity index (χ3v) is 6.55. The summed E-state index contributed by atoms with van der Waals surface area (Å²) in [5.74, 6) is 1.23. The van der Waals surface area contributed by atoms with Crippen LogP contribution in [0, 0.1) is 11.3 Å². The van der Waals surface area contributed by atoms with Gasteiger partial charge >= 0.3 is 0 Å². The summed E-state index contributed by atoms with van der Waals surface area (Å²) in [5.41, 5.74) is 3.81. The third-order valence-electron chi connectivity index (χ3n) is 5.84. The topological polar surface area (TPSA) is 96.1 Å². The molecule has 0 saturated carbocycles. The van der Waals surface area contributed by atoms with Crippen molar-refractivity contribution >= 4 is 27.8 Å². The zero-order valence-electron chi connectivity index (χ0n) is 18.8. The SMILES string of the molecule is CCOc1cc(C(C)N2CCc3c(Br)cc(Cn4ccnc4NC)cc3C2=O)ncc1C#N. The molecule has 1 amide bonds. The Morgan fingerprint density at radius 1 is 1.33 bits per heavy atom. The monoisotopic (exact) mass is 508 g/mol. The molecule has 0 radical (unpaired) electrons. The standard InChI is InChI=1S/C24H25BrN6O2/c1-4-33-22-11-21(29-13-17(22)12-26)15(2)31-7-5-18-19(23(31)32)9-16(10-20(18)25)14-30-8-6-28-24(30)27-3/h6,8-11,13,15H,4-5,7,14H2,1-3H3,(H,27,28). The van der Waals surface area contributed by atoms with E-state index >= 15 is 0 Å². The number of hydrogen-bond acceptors (Lipinski definition) is 6. The van der Waals surface area contributed by atoms with E-state index in [9.17, 15) is 10.1 Å². The van der Waals surface area contributed by atoms with Crippen LogP contribution in [0.3, 0.4) is 0 Å². The second-order valence-corrected chi connectivity index (χ2v) is 8.66. The lowest BCUT2D eigenvalue weighted by Gasteiger charge is -2.34. The molecule has 33 heavy (non-hydrogen) atoms. The van der Waals surface area contributed by atoms with Gasteiger partial charge in [0.15, 0.2) is 0 Å². The molecule has 1 aromatic carbocycles. The number of anilines is 1. The van der Waals surface area contributed by atoms with Crippen LogP contribution in [0.25, 0.3) is 0 Å². The molecule has 1 atom stereocenters. The van der Waals surface area contributed by atoms with E-state index in [-0.39, 0.29) is 11.9 Å². The summed E-state index contributed by atoms with van der Waals surface area (Å²) in [7, 11) is 1.83. The zero-order chi connectivity index (χ0) is 23.5. The van der Waals surface area contributed by atoms with E-state index in [4.69, 9.17) is 4.74 Å². The molecule has 1 N–H and O–H groups in total. The van der Waals surface area contributed by atoms with E-state index in [0.29, 0.717) is 42.3 Å². The van der Waals surface area contributed by atoms with Crippen LogP contribution in [0.2, 0.25) is 0 Å². The predicted molar refractivity (Wildman–Crippen MR) is 128 cm³/mol. The Balaban J connectivity index is 1.63. The van der Waals surface area contributed by atoms with Gasteiger partial charge in [-0.1, -0.05) is 15.9 Å². The number of nitrogens with one attached hydrogen (secondary N) is 1. The summed E-state index contributed by atoms with van der Waals surface area (Å²) in [6.07, 6.45) is 5.91. The first-order valence-corrected chi connectivity index (χ1v) is 11.6. The fourth-order valence-electron chi connectivity index (χ4n) is 4.15. The Kier molecular flexibility index (Phi) is 6.65. The summed E-state index contributed by atoms with van der Waals surface area (Å²) in [6.45, 7) is 5.46. The molecule has 3 aromatic rings. The van der Waals surface area contributed by atoms with Crippen LogP contribution in [-0.2, 0) is 13.0 Å². The lowest BCUT2D eigenvalue weighted by molar-refractivity contribution is 0.0668. The number of aromatic nitrogens is 3. The summed E-state index contributed by atoms with van der Waals surface area (Å²) in [6, 6.07) is 7.65. The van der Waals surface area contributed by atoms with Gasteiger partial charge in [0.2, 0.25) is 5.95 Å². The Morgan fingerprint density at radius 2 is 2.15 bits per heavy atom. The van der Waals surface area contributed by atoms with Gasteiger partial charge in [0, 0.05) is 48.3 Å². The highest BCUT2D eigenvalue weighted by atomic mass is 79.9. The van der Waals surface area contributed by atoms with E-state index < -0.39 is 0 Å². The van der Waals surface area contributed by atoms with E-state index in [1.165, 1.54) is 6.20 Å². The highest BCUT2D eigenvalue weighted by molar-refractivity contribution is 9.10. The number of carbonyl (C=O) groups excluding carboxylic acids is 1. The highest BCUT2D eigenvalue weighted by Gasteiger charge is 2.31. The van der Waals surface area contributed by atoms with E-state index in [2.05, 4.69) is 43.4 Å². The molecular formula is C24H25BrN6O2. The first-order valence-electron chi connectivity index (χ1n) is 10.8. The van der Waals surface area contributed by atoms with Crippen molar-refractivity contribution < 1.29 is 9.53 Å². The van der Waals surface area contributed by atoms with Crippen LogP contribution in [0.1, 0.15) is 52.6 Å². The van der Waals surface area contributed by atoms with Crippen molar-refractivity contribution in [3.8, 4) is 11.8 Å². The van der Waals surface area contributed by atoms with Crippen molar-refractivity contribution in [1.29, 1.82) is 5.26 Å². The summed E-state index contributed by atoms with van der Waals surface area (Å²) in [4.78, 5) is 24.1. The number of halogens is 1. The molecular weight excluding hydrogens is 484 g/mol. The average Bonchev–Trinajstić information content (AvgIpc) is 3.26. The van der Waals surface area contributed by atoms with Crippen molar-refractivity contribution in [1.82, 2.24) is 19.4 Å². The smallest absolute Gasteiger partial charge is 0.254 e. The number of amides is 1. The minimum absolute atomic E-state index is 0.0325. The van der Waals surface area contributed by atoms with Gasteiger partial charge in [0.05, 0.1) is 24.9 Å². The second-order valence-electron chi connectivity index (χ2n) is 7.81. The fraction of sp³-hybridized carbons (Fsp3) is 0.333. The van der Waals surface area contributed by atoms with Crippen LogP contribution in [-0.4, -0.2) is 45.5 Å². The van der Waals surface area contributed by atoms with E-state index in [1.807, 2.05) is 42.6 Å². The number of nitriles is 1. The number of benzene rings is 1. The molecule has 0 bridgehead atoms. The van der Waals surface area contributed by atoms with Crippen LogP contribution in [0.5, 0.6) is 5.75 Å². The van der Waals surface area contributed by atoms with Crippen LogP contribution in [0.4, 0.5) is 5.95 Å². The van der Waals surface area contributed by atoms with Gasteiger partial charge in [-0.3, -0.25) is 9.78 Å². The van der Waals surface area contributed by atoms with E-state index in [0.717, 1.165) is 28.0 Å². The van der Waals surface area contributed by atoms with Crippen LogP contribution >= 0.6 is 15.9 Å². The van der Waals surface area contributed by atoms with Crippen molar-refractivity contribution in [2.75, 3.05) is 25.5 Å². The molecule has 0 saturated heterocycles. The number of hydrogen-bond donors (Lipinski definition) is 1.